The summed E-state index contributed by atoms with van der Waals surface area (Å²) in [4.78, 5) is 33.8. The number of amides is 1. The number of pyridine rings is 2. The first-order valence-corrected chi connectivity index (χ1v) is 11.4. The zero-order chi connectivity index (χ0) is 27.7. The summed E-state index contributed by atoms with van der Waals surface area (Å²) in [6.07, 6.45) is -5.94. The molecule has 1 amide bonds. The SMILES string of the molecule is C[C@H]1[C@H](F)C[C@@H](C(=O)CCc2cc(-c3cnc(C(F)(F)F)c(C#N)c3)ncc2F)N1C(=O)OC(C)(C)C. The number of ether oxygens (including phenoxy) is 1. The Balaban J connectivity index is 1.80. The summed E-state index contributed by atoms with van der Waals surface area (Å²) in [5, 5.41) is 9.09. The number of Topliss-reactive ketones (excluding diaryl/α,β-unsaturated/α-hetero) is 1. The minimum Gasteiger partial charge on any atom is -0.444 e. The molecule has 3 heterocycles. The Kier molecular flexibility index (Phi) is 7.86. The number of alkyl halides is 4. The molecule has 0 radical (unpaired) electrons. The topological polar surface area (TPSA) is 96.2 Å². The minimum absolute atomic E-state index is 0.0309. The zero-order valence-electron chi connectivity index (χ0n) is 20.6. The van der Waals surface area contributed by atoms with E-state index in [2.05, 4.69) is 9.97 Å². The maximum atomic E-state index is 14.5. The van der Waals surface area contributed by atoms with Gasteiger partial charge >= 0.3 is 12.3 Å². The number of ketones is 1. The molecule has 0 bridgehead atoms. The van der Waals surface area contributed by atoms with E-state index in [9.17, 15) is 31.5 Å². The summed E-state index contributed by atoms with van der Waals surface area (Å²) in [7, 11) is 0. The largest absolute Gasteiger partial charge is 0.444 e. The van der Waals surface area contributed by atoms with E-state index in [0.29, 0.717) is 0 Å². The van der Waals surface area contributed by atoms with Gasteiger partial charge in [-0.05, 0) is 51.8 Å². The average Bonchev–Trinajstić information content (AvgIpc) is 3.10. The lowest BCUT2D eigenvalue weighted by atomic mass is 10.00. The van der Waals surface area contributed by atoms with Gasteiger partial charge in [0, 0.05) is 24.6 Å². The molecule has 2 aromatic rings. The Labute approximate surface area is 210 Å². The first-order chi connectivity index (χ1) is 17.1. The van der Waals surface area contributed by atoms with E-state index in [-0.39, 0.29) is 36.1 Å². The van der Waals surface area contributed by atoms with Crippen molar-refractivity contribution >= 4 is 11.9 Å². The van der Waals surface area contributed by atoms with Crippen LogP contribution in [-0.2, 0) is 22.1 Å². The third-order valence-electron chi connectivity index (χ3n) is 5.87. The lowest BCUT2D eigenvalue weighted by molar-refractivity contribution is -0.141. The quantitative estimate of drug-likeness (QED) is 0.486. The zero-order valence-corrected chi connectivity index (χ0v) is 20.6. The molecule has 1 fully saturated rings. The number of aromatic nitrogens is 2. The predicted molar refractivity (Wildman–Crippen MR) is 121 cm³/mol. The van der Waals surface area contributed by atoms with Crippen LogP contribution >= 0.6 is 0 Å². The molecular formula is C25H25F5N4O3. The molecule has 3 rings (SSSR count). The molecule has 1 saturated heterocycles. The maximum absolute atomic E-state index is 14.5. The number of rotatable bonds is 5. The second kappa shape index (κ2) is 10.4. The fourth-order valence-corrected chi connectivity index (χ4v) is 4.05. The predicted octanol–water partition coefficient (Wildman–Crippen LogP) is 5.41. The van der Waals surface area contributed by atoms with Crippen LogP contribution in [0, 0.1) is 17.1 Å². The van der Waals surface area contributed by atoms with Gasteiger partial charge in [-0.15, -0.1) is 0 Å². The lowest BCUT2D eigenvalue weighted by Crippen LogP contribution is -2.47. The van der Waals surface area contributed by atoms with Crippen molar-refractivity contribution in [2.75, 3.05) is 0 Å². The second-order valence-electron chi connectivity index (χ2n) is 9.75. The Bertz CT molecular complexity index is 1240. The van der Waals surface area contributed by atoms with Gasteiger partial charge in [-0.2, -0.15) is 18.4 Å². The highest BCUT2D eigenvalue weighted by atomic mass is 19.4. The first-order valence-electron chi connectivity index (χ1n) is 11.4. The van der Waals surface area contributed by atoms with Crippen LogP contribution in [0.3, 0.4) is 0 Å². The molecule has 0 spiro atoms. The van der Waals surface area contributed by atoms with Crippen molar-refractivity contribution in [3.05, 3.63) is 47.2 Å². The van der Waals surface area contributed by atoms with E-state index in [1.807, 2.05) is 0 Å². The molecule has 0 saturated carbocycles. The van der Waals surface area contributed by atoms with Crippen molar-refractivity contribution in [3.63, 3.8) is 0 Å². The van der Waals surface area contributed by atoms with Gasteiger partial charge in [0.15, 0.2) is 11.5 Å². The number of hydrogen-bond acceptors (Lipinski definition) is 6. The van der Waals surface area contributed by atoms with Crippen LogP contribution in [-0.4, -0.2) is 50.6 Å². The molecule has 0 aromatic carbocycles. The molecule has 0 aliphatic carbocycles. The van der Waals surface area contributed by atoms with Crippen LogP contribution in [0.1, 0.15) is 57.4 Å². The van der Waals surface area contributed by atoms with Gasteiger partial charge in [0.05, 0.1) is 29.5 Å². The van der Waals surface area contributed by atoms with Crippen molar-refractivity contribution in [2.45, 2.75) is 77.0 Å². The number of aryl methyl sites for hydroxylation is 1. The van der Waals surface area contributed by atoms with Gasteiger partial charge in [0.1, 0.15) is 23.7 Å². The molecule has 1 aliphatic rings. The first kappa shape index (κ1) is 28.0. The summed E-state index contributed by atoms with van der Waals surface area (Å²) < 4.78 is 73.3. The van der Waals surface area contributed by atoms with Crippen LogP contribution < -0.4 is 0 Å². The van der Waals surface area contributed by atoms with Crippen molar-refractivity contribution < 1.29 is 36.3 Å². The highest BCUT2D eigenvalue weighted by Gasteiger charge is 2.46. The van der Waals surface area contributed by atoms with Crippen LogP contribution in [0.2, 0.25) is 0 Å². The van der Waals surface area contributed by atoms with E-state index >= 15 is 0 Å². The van der Waals surface area contributed by atoms with E-state index in [4.69, 9.17) is 10.00 Å². The summed E-state index contributed by atoms with van der Waals surface area (Å²) in [6.45, 7) is 6.41. The van der Waals surface area contributed by atoms with Crippen molar-refractivity contribution in [1.29, 1.82) is 5.26 Å². The number of nitrogens with zero attached hydrogens (tertiary/aromatic N) is 4. The Morgan fingerprint density at radius 1 is 1.19 bits per heavy atom. The number of nitriles is 1. The summed E-state index contributed by atoms with van der Waals surface area (Å²) in [5.74, 6) is -1.25. The molecule has 1 aliphatic heterocycles. The van der Waals surface area contributed by atoms with Gasteiger partial charge in [-0.25, -0.2) is 18.6 Å². The molecule has 37 heavy (non-hydrogen) atoms. The second-order valence-corrected chi connectivity index (χ2v) is 9.75. The third-order valence-corrected chi connectivity index (χ3v) is 5.87. The van der Waals surface area contributed by atoms with Gasteiger partial charge in [0.2, 0.25) is 0 Å². The standard InChI is InChI=1S/C25H25F5N4O3/c1-13-17(26)9-20(34(13)23(36)37-24(2,3)4)21(35)6-5-14-8-19(32-12-18(14)27)16-7-15(10-31)22(33-11-16)25(28,29)30/h7-8,11-13,17,20H,5-6,9H2,1-4H3/t13-,17+,20-/m0/s1. The van der Waals surface area contributed by atoms with Gasteiger partial charge in [-0.1, -0.05) is 0 Å². The lowest BCUT2D eigenvalue weighted by Gasteiger charge is -2.30. The highest BCUT2D eigenvalue weighted by Crippen LogP contribution is 2.33. The summed E-state index contributed by atoms with van der Waals surface area (Å²) in [6, 6.07) is 1.67. The van der Waals surface area contributed by atoms with Gasteiger partial charge in [0.25, 0.3) is 0 Å². The number of likely N-dealkylation sites (tertiary alicyclic amines) is 1. The van der Waals surface area contributed by atoms with Crippen molar-refractivity contribution in [1.82, 2.24) is 14.9 Å². The average molecular weight is 524 g/mol. The normalized spacial score (nSPS) is 20.0. The molecule has 12 heteroatoms. The molecule has 0 N–H and O–H groups in total. The van der Waals surface area contributed by atoms with Crippen molar-refractivity contribution in [3.8, 4) is 17.3 Å². The molecule has 7 nitrogen and oxygen atoms in total. The third kappa shape index (κ3) is 6.39. The van der Waals surface area contributed by atoms with E-state index in [0.717, 1.165) is 23.4 Å². The Morgan fingerprint density at radius 2 is 1.86 bits per heavy atom. The van der Waals surface area contributed by atoms with Crippen LogP contribution in [0.25, 0.3) is 11.3 Å². The van der Waals surface area contributed by atoms with Crippen LogP contribution in [0.15, 0.2) is 24.5 Å². The highest BCUT2D eigenvalue weighted by molar-refractivity contribution is 5.88. The number of hydrogen-bond donors (Lipinski definition) is 0. The molecule has 198 valence electrons. The molecular weight excluding hydrogens is 499 g/mol. The monoisotopic (exact) mass is 524 g/mol. The molecule has 2 aromatic heterocycles. The number of halogens is 5. The molecule has 3 atom stereocenters. The Morgan fingerprint density at radius 3 is 2.46 bits per heavy atom. The van der Waals surface area contributed by atoms with E-state index < -0.39 is 59.0 Å². The van der Waals surface area contributed by atoms with E-state index in [1.165, 1.54) is 19.1 Å². The van der Waals surface area contributed by atoms with Crippen LogP contribution in [0.4, 0.5) is 26.7 Å². The number of carbonyl (C=O) groups is 2. The summed E-state index contributed by atoms with van der Waals surface area (Å²) >= 11 is 0. The summed E-state index contributed by atoms with van der Waals surface area (Å²) in [5.41, 5.74) is -2.78. The smallest absolute Gasteiger partial charge is 0.434 e. The molecule has 0 unspecified atom stereocenters. The van der Waals surface area contributed by atoms with E-state index in [1.54, 1.807) is 20.8 Å². The fourth-order valence-electron chi connectivity index (χ4n) is 4.05. The maximum Gasteiger partial charge on any atom is 0.434 e. The van der Waals surface area contributed by atoms with Gasteiger partial charge in [-0.3, -0.25) is 14.7 Å². The fraction of sp³-hybridized carbons (Fsp3) is 0.480. The van der Waals surface area contributed by atoms with Crippen LogP contribution in [0.5, 0.6) is 0 Å². The Hall–Kier alpha value is -3.62. The number of carbonyl (C=O) groups excluding carboxylic acids is 2. The van der Waals surface area contributed by atoms with Gasteiger partial charge < -0.3 is 4.74 Å². The van der Waals surface area contributed by atoms with Crippen molar-refractivity contribution in [2.24, 2.45) is 0 Å². The minimum atomic E-state index is -4.82.